The molecule has 3 nitrogen and oxygen atoms in total. The molecule has 2 aromatic rings. The summed E-state index contributed by atoms with van der Waals surface area (Å²) in [5.41, 5.74) is 2.46. The largest absolute Gasteiger partial charge is 0.313 e. The van der Waals surface area contributed by atoms with Crippen molar-refractivity contribution in [3.8, 4) is 0 Å². The van der Waals surface area contributed by atoms with Crippen LogP contribution in [0.1, 0.15) is 25.3 Å². The summed E-state index contributed by atoms with van der Waals surface area (Å²) in [5, 5.41) is 4.82. The number of pyridine rings is 1. The summed E-state index contributed by atoms with van der Waals surface area (Å²) in [6.45, 7) is 6.71. The molecule has 0 radical (unpaired) electrons. The van der Waals surface area contributed by atoms with E-state index in [1.807, 2.05) is 12.3 Å². The third kappa shape index (κ3) is 3.17. The molecule has 0 saturated carbocycles. The SMILES string of the molecule is CCN(Cc1ccc2ncccc2c1)CC1CCCN1. The van der Waals surface area contributed by atoms with Crippen LogP contribution in [0.5, 0.6) is 0 Å². The van der Waals surface area contributed by atoms with Crippen molar-refractivity contribution in [1.29, 1.82) is 0 Å². The van der Waals surface area contributed by atoms with Crippen LogP contribution in [0.15, 0.2) is 36.5 Å². The van der Waals surface area contributed by atoms with Gasteiger partial charge in [0.05, 0.1) is 5.52 Å². The van der Waals surface area contributed by atoms with Crippen molar-refractivity contribution in [2.75, 3.05) is 19.6 Å². The molecule has 3 heteroatoms. The maximum atomic E-state index is 4.38. The fraction of sp³-hybridized carbons (Fsp3) is 0.471. The second-order valence-electron chi connectivity index (χ2n) is 5.65. The van der Waals surface area contributed by atoms with Crippen molar-refractivity contribution < 1.29 is 0 Å². The normalized spacial score (nSPS) is 19.0. The van der Waals surface area contributed by atoms with E-state index in [0.717, 1.165) is 25.2 Å². The van der Waals surface area contributed by atoms with Gasteiger partial charge in [-0.25, -0.2) is 0 Å². The van der Waals surface area contributed by atoms with E-state index in [2.05, 4.69) is 46.4 Å². The van der Waals surface area contributed by atoms with Crippen LogP contribution in [0.3, 0.4) is 0 Å². The Hall–Kier alpha value is -1.45. The Balaban J connectivity index is 1.69. The lowest BCUT2D eigenvalue weighted by Gasteiger charge is -2.24. The van der Waals surface area contributed by atoms with Crippen molar-refractivity contribution in [2.24, 2.45) is 0 Å². The van der Waals surface area contributed by atoms with Crippen LogP contribution in [-0.4, -0.2) is 35.6 Å². The van der Waals surface area contributed by atoms with Gasteiger partial charge in [0.15, 0.2) is 0 Å². The Morgan fingerprint density at radius 3 is 3.10 bits per heavy atom. The molecule has 0 bridgehead atoms. The van der Waals surface area contributed by atoms with E-state index in [1.54, 1.807) is 0 Å². The molecule has 3 rings (SSSR count). The third-order valence-electron chi connectivity index (χ3n) is 4.16. The number of nitrogens with zero attached hydrogens (tertiary/aromatic N) is 2. The minimum absolute atomic E-state index is 0.678. The molecule has 1 saturated heterocycles. The first-order chi connectivity index (χ1) is 9.85. The van der Waals surface area contributed by atoms with Gasteiger partial charge >= 0.3 is 0 Å². The predicted octanol–water partition coefficient (Wildman–Crippen LogP) is 2.81. The molecule has 1 unspecified atom stereocenters. The third-order valence-corrected chi connectivity index (χ3v) is 4.16. The second-order valence-corrected chi connectivity index (χ2v) is 5.65. The minimum atomic E-state index is 0.678. The van der Waals surface area contributed by atoms with Crippen LogP contribution in [0.25, 0.3) is 10.9 Å². The molecule has 20 heavy (non-hydrogen) atoms. The van der Waals surface area contributed by atoms with Gasteiger partial charge in [0.2, 0.25) is 0 Å². The highest BCUT2D eigenvalue weighted by Gasteiger charge is 2.17. The average molecular weight is 269 g/mol. The van der Waals surface area contributed by atoms with E-state index >= 15 is 0 Å². The summed E-state index contributed by atoms with van der Waals surface area (Å²) in [4.78, 5) is 6.91. The molecule has 1 N–H and O–H groups in total. The second kappa shape index (κ2) is 6.33. The van der Waals surface area contributed by atoms with Gasteiger partial charge in [-0.3, -0.25) is 9.88 Å². The zero-order valence-corrected chi connectivity index (χ0v) is 12.2. The van der Waals surface area contributed by atoms with Gasteiger partial charge in [-0.15, -0.1) is 0 Å². The predicted molar refractivity (Wildman–Crippen MR) is 83.7 cm³/mol. The highest BCUT2D eigenvalue weighted by atomic mass is 15.1. The number of likely N-dealkylation sites (N-methyl/N-ethyl adjacent to an activating group) is 1. The van der Waals surface area contributed by atoms with Crippen molar-refractivity contribution in [3.63, 3.8) is 0 Å². The molecule has 1 fully saturated rings. The smallest absolute Gasteiger partial charge is 0.0702 e. The maximum absolute atomic E-state index is 4.38. The summed E-state index contributed by atoms with van der Waals surface area (Å²) in [6.07, 6.45) is 4.49. The van der Waals surface area contributed by atoms with Crippen LogP contribution in [0.4, 0.5) is 0 Å². The standard InChI is InChI=1S/C17H23N3/c1-2-20(13-16-6-4-9-18-16)12-14-7-8-17-15(11-14)5-3-10-19-17/h3,5,7-8,10-11,16,18H,2,4,6,9,12-13H2,1H3. The van der Waals surface area contributed by atoms with E-state index in [-0.39, 0.29) is 0 Å². The lowest BCUT2D eigenvalue weighted by Crippen LogP contribution is -2.37. The molecule has 0 amide bonds. The average Bonchev–Trinajstić information content (AvgIpc) is 2.99. The number of benzene rings is 1. The summed E-state index contributed by atoms with van der Waals surface area (Å²) in [5.74, 6) is 0. The zero-order chi connectivity index (χ0) is 13.8. The topological polar surface area (TPSA) is 28.2 Å². The number of hydrogen-bond acceptors (Lipinski definition) is 3. The Morgan fingerprint density at radius 1 is 1.35 bits per heavy atom. The number of hydrogen-bond donors (Lipinski definition) is 1. The van der Waals surface area contributed by atoms with Gasteiger partial charge in [0.25, 0.3) is 0 Å². The van der Waals surface area contributed by atoms with Gasteiger partial charge in [-0.1, -0.05) is 19.1 Å². The first-order valence-corrected chi connectivity index (χ1v) is 7.64. The Morgan fingerprint density at radius 2 is 2.30 bits per heavy atom. The fourth-order valence-corrected chi connectivity index (χ4v) is 3.01. The van der Waals surface area contributed by atoms with Crippen LogP contribution < -0.4 is 5.32 Å². The molecule has 1 atom stereocenters. The van der Waals surface area contributed by atoms with Gasteiger partial charge in [0, 0.05) is 30.7 Å². The number of rotatable bonds is 5. The van der Waals surface area contributed by atoms with E-state index in [4.69, 9.17) is 0 Å². The van der Waals surface area contributed by atoms with Gasteiger partial charge < -0.3 is 5.32 Å². The van der Waals surface area contributed by atoms with Crippen LogP contribution in [0, 0.1) is 0 Å². The first-order valence-electron chi connectivity index (χ1n) is 7.64. The first kappa shape index (κ1) is 13.5. The van der Waals surface area contributed by atoms with Gasteiger partial charge in [-0.05, 0) is 49.7 Å². The zero-order valence-electron chi connectivity index (χ0n) is 12.2. The Bertz CT molecular complexity index is 561. The summed E-state index contributed by atoms with van der Waals surface area (Å²) >= 11 is 0. The quantitative estimate of drug-likeness (QED) is 0.904. The maximum Gasteiger partial charge on any atom is 0.0702 e. The number of fused-ring (bicyclic) bond motifs is 1. The molecular weight excluding hydrogens is 246 g/mol. The van der Waals surface area contributed by atoms with E-state index in [1.165, 1.54) is 30.3 Å². The highest BCUT2D eigenvalue weighted by molar-refractivity contribution is 5.78. The molecule has 0 spiro atoms. The Kier molecular flexibility index (Phi) is 4.28. The molecule has 1 aromatic heterocycles. The highest BCUT2D eigenvalue weighted by Crippen LogP contribution is 2.16. The lowest BCUT2D eigenvalue weighted by atomic mass is 10.1. The van der Waals surface area contributed by atoms with Crippen molar-refractivity contribution in [2.45, 2.75) is 32.4 Å². The lowest BCUT2D eigenvalue weighted by molar-refractivity contribution is 0.253. The van der Waals surface area contributed by atoms with Crippen LogP contribution in [-0.2, 0) is 6.54 Å². The van der Waals surface area contributed by atoms with Crippen LogP contribution in [0.2, 0.25) is 0 Å². The van der Waals surface area contributed by atoms with Crippen molar-refractivity contribution in [3.05, 3.63) is 42.1 Å². The van der Waals surface area contributed by atoms with Gasteiger partial charge in [0.1, 0.15) is 0 Å². The van der Waals surface area contributed by atoms with Crippen molar-refractivity contribution in [1.82, 2.24) is 15.2 Å². The molecular formula is C17H23N3. The fourth-order valence-electron chi connectivity index (χ4n) is 3.01. The Labute approximate surface area is 121 Å². The van der Waals surface area contributed by atoms with E-state index in [0.29, 0.717) is 6.04 Å². The van der Waals surface area contributed by atoms with E-state index < -0.39 is 0 Å². The summed E-state index contributed by atoms with van der Waals surface area (Å²) in [7, 11) is 0. The van der Waals surface area contributed by atoms with Crippen molar-refractivity contribution >= 4 is 10.9 Å². The monoisotopic (exact) mass is 269 g/mol. The molecule has 1 aliphatic heterocycles. The number of aromatic nitrogens is 1. The molecule has 1 aromatic carbocycles. The molecule has 2 heterocycles. The van der Waals surface area contributed by atoms with Crippen LogP contribution >= 0.6 is 0 Å². The van der Waals surface area contributed by atoms with Gasteiger partial charge in [-0.2, -0.15) is 0 Å². The molecule has 1 aliphatic rings. The number of nitrogens with one attached hydrogen (secondary N) is 1. The minimum Gasteiger partial charge on any atom is -0.313 e. The summed E-state index contributed by atoms with van der Waals surface area (Å²) in [6, 6.07) is 11.4. The summed E-state index contributed by atoms with van der Waals surface area (Å²) < 4.78 is 0. The molecule has 0 aliphatic carbocycles. The molecule has 106 valence electrons. The van der Waals surface area contributed by atoms with E-state index in [9.17, 15) is 0 Å².